The average molecular weight is 372 g/mol. The fraction of sp³-hybridized carbons (Fsp3) is 0.833. The third-order valence-corrected chi connectivity index (χ3v) is 4.61. The fourth-order valence-corrected chi connectivity index (χ4v) is 3.46. The molecule has 0 amide bonds. The van der Waals surface area contributed by atoms with Gasteiger partial charge >= 0.3 is 59.1 Å². The minimum Gasteiger partial charge on any atom is -0.549 e. The third-order valence-electron chi connectivity index (χ3n) is 3.37. The molecule has 0 aliphatic heterocycles. The van der Waals surface area contributed by atoms with Crippen LogP contribution in [0.15, 0.2) is 0 Å². The maximum Gasteiger partial charge on any atom is 1.00 e. The molecule has 0 aliphatic rings. The van der Waals surface area contributed by atoms with Crippen molar-refractivity contribution in [2.75, 3.05) is 0 Å². The van der Waals surface area contributed by atoms with E-state index in [0.29, 0.717) is 25.7 Å². The second kappa shape index (κ2) is 14.0. The quantitative estimate of drug-likeness (QED) is 0.293. The predicted molar refractivity (Wildman–Crippen MR) is 70.4 cm³/mol. The number of hydrogen-bond donors (Lipinski definition) is 1. The number of unbranched alkanes of at least 4 members (excludes halogenated alkanes) is 2. The number of hydrogen-bond acceptors (Lipinski definition) is 6. The summed E-state index contributed by atoms with van der Waals surface area (Å²) in [6, 6.07) is 0. The minimum absolute atomic E-state index is 0. The number of aliphatic carboxylic acids is 2. The number of carboxylic acid groups (broad SMARTS) is 2. The van der Waals surface area contributed by atoms with Crippen molar-refractivity contribution in [2.24, 2.45) is 5.41 Å². The van der Waals surface area contributed by atoms with Gasteiger partial charge in [-0.1, -0.05) is 39.5 Å². The Labute approximate surface area is 181 Å². The van der Waals surface area contributed by atoms with Gasteiger partial charge in [0.2, 0.25) is 0 Å². The minimum atomic E-state index is -5.11. The van der Waals surface area contributed by atoms with Crippen molar-refractivity contribution in [2.45, 2.75) is 57.6 Å². The zero-order chi connectivity index (χ0) is 16.0. The molecular weight excluding hydrogens is 350 g/mol. The first kappa shape index (κ1) is 31.6. The number of carboxylic acids is 2. The van der Waals surface area contributed by atoms with Crippen LogP contribution in [0.5, 0.6) is 0 Å². The Hall–Kier alpha value is 0.810. The van der Waals surface area contributed by atoms with Gasteiger partial charge in [0.25, 0.3) is 10.1 Å². The smallest absolute Gasteiger partial charge is 0.549 e. The van der Waals surface area contributed by atoms with E-state index in [2.05, 4.69) is 0 Å². The molecule has 0 fully saturated rings. The Morgan fingerprint density at radius 1 is 1.04 bits per heavy atom. The Morgan fingerprint density at radius 3 is 1.57 bits per heavy atom. The standard InChI is InChI=1S/C12H22O7S.2Na.H2O/c1-3-5-7-12(11(15)16,8-6-4-2)9(10(13)14)20(17,18)19;;;/h9H,3-8H2,1-2H3,(H,13,14)(H,15,16)(H,17,18,19);;;1H2/q;2*+1;/p-2. The molecule has 0 saturated carbocycles. The van der Waals surface area contributed by atoms with Gasteiger partial charge in [0.05, 0.1) is 5.97 Å². The van der Waals surface area contributed by atoms with E-state index < -0.39 is 32.7 Å². The molecule has 0 aromatic carbocycles. The van der Waals surface area contributed by atoms with Gasteiger partial charge in [0.15, 0.2) is 0 Å². The Bertz CT molecular complexity index is 444. The third kappa shape index (κ3) is 9.18. The molecule has 0 saturated heterocycles. The summed E-state index contributed by atoms with van der Waals surface area (Å²) in [5.41, 5.74) is -2.17. The van der Waals surface area contributed by atoms with Crippen LogP contribution in [-0.2, 0) is 19.7 Å². The van der Waals surface area contributed by atoms with E-state index in [9.17, 15) is 28.2 Å². The van der Waals surface area contributed by atoms with Crippen LogP contribution in [0.4, 0.5) is 0 Å². The molecular formula is C12H22Na2O8S. The van der Waals surface area contributed by atoms with Crippen molar-refractivity contribution in [1.82, 2.24) is 0 Å². The summed E-state index contributed by atoms with van der Waals surface area (Å²) in [6.45, 7) is 3.50. The molecule has 0 aromatic rings. The van der Waals surface area contributed by atoms with Crippen LogP contribution < -0.4 is 69.3 Å². The van der Waals surface area contributed by atoms with Gasteiger partial charge in [0.1, 0.15) is 5.25 Å². The van der Waals surface area contributed by atoms with Crippen molar-refractivity contribution in [1.29, 1.82) is 0 Å². The largest absolute Gasteiger partial charge is 1.00 e. The van der Waals surface area contributed by atoms with E-state index >= 15 is 0 Å². The van der Waals surface area contributed by atoms with Gasteiger partial charge < -0.3 is 25.3 Å². The van der Waals surface area contributed by atoms with Gasteiger partial charge in [-0.15, -0.1) is 0 Å². The zero-order valence-electron chi connectivity index (χ0n) is 14.1. The van der Waals surface area contributed by atoms with E-state index in [4.69, 9.17) is 4.55 Å². The van der Waals surface area contributed by atoms with Crippen LogP contribution in [-0.4, -0.2) is 35.6 Å². The van der Waals surface area contributed by atoms with Crippen molar-refractivity contribution >= 4 is 22.1 Å². The normalized spacial score (nSPS) is 12.1. The summed E-state index contributed by atoms with van der Waals surface area (Å²) < 4.78 is 31.7. The van der Waals surface area contributed by atoms with Gasteiger partial charge in [-0.3, -0.25) is 4.55 Å². The number of rotatable bonds is 10. The molecule has 1 atom stereocenters. The topological polar surface area (TPSA) is 166 Å². The molecule has 23 heavy (non-hydrogen) atoms. The van der Waals surface area contributed by atoms with E-state index in [1.165, 1.54) is 0 Å². The van der Waals surface area contributed by atoms with Gasteiger partial charge in [-0.05, 0) is 12.8 Å². The molecule has 1 unspecified atom stereocenters. The Morgan fingerprint density at radius 2 is 1.39 bits per heavy atom. The first-order valence-electron chi connectivity index (χ1n) is 6.52. The van der Waals surface area contributed by atoms with Crippen molar-refractivity contribution in [3.05, 3.63) is 0 Å². The summed E-state index contributed by atoms with van der Waals surface area (Å²) in [5.74, 6) is -3.91. The molecule has 8 nitrogen and oxygen atoms in total. The molecule has 11 heteroatoms. The zero-order valence-corrected chi connectivity index (χ0v) is 18.9. The summed E-state index contributed by atoms with van der Waals surface area (Å²) in [7, 11) is -5.11. The van der Waals surface area contributed by atoms with Crippen LogP contribution in [0.25, 0.3) is 0 Å². The van der Waals surface area contributed by atoms with Gasteiger partial charge in [0, 0.05) is 11.4 Å². The monoisotopic (exact) mass is 372 g/mol. The maximum atomic E-state index is 11.4. The molecule has 0 spiro atoms. The Kier molecular flexibility index (Phi) is 19.3. The van der Waals surface area contributed by atoms with Crippen molar-refractivity contribution in [3.63, 3.8) is 0 Å². The second-order valence-corrected chi connectivity index (χ2v) is 6.37. The second-order valence-electron chi connectivity index (χ2n) is 4.86. The van der Waals surface area contributed by atoms with Crippen LogP contribution in [0.1, 0.15) is 52.4 Å². The summed E-state index contributed by atoms with van der Waals surface area (Å²) >= 11 is 0. The molecule has 0 rings (SSSR count). The Balaban J connectivity index is -0.000000602. The van der Waals surface area contributed by atoms with E-state index in [1.807, 2.05) is 0 Å². The molecule has 0 radical (unpaired) electrons. The molecule has 0 heterocycles. The van der Waals surface area contributed by atoms with Gasteiger partial charge in [-0.25, -0.2) is 0 Å². The molecule has 0 aromatic heterocycles. The van der Waals surface area contributed by atoms with Gasteiger partial charge in [-0.2, -0.15) is 8.42 Å². The van der Waals surface area contributed by atoms with Crippen molar-refractivity contribution in [3.8, 4) is 0 Å². The number of carbonyl (C=O) groups is 2. The SMILES string of the molecule is CCCCC(CCCC)(C(=O)[O-])C(C(=O)[O-])S(=O)(=O)O.O.[Na+].[Na+]. The van der Waals surface area contributed by atoms with Crippen LogP contribution in [0.2, 0.25) is 0 Å². The summed E-state index contributed by atoms with van der Waals surface area (Å²) in [6.07, 6.45) is 1.29. The summed E-state index contributed by atoms with van der Waals surface area (Å²) in [5, 5.41) is 20.0. The van der Waals surface area contributed by atoms with Crippen LogP contribution >= 0.6 is 0 Å². The summed E-state index contributed by atoms with van der Waals surface area (Å²) in [4.78, 5) is 22.5. The number of carbonyl (C=O) groups excluding carboxylic acids is 2. The maximum absolute atomic E-state index is 11.4. The first-order chi connectivity index (χ1) is 9.13. The van der Waals surface area contributed by atoms with Crippen LogP contribution in [0.3, 0.4) is 0 Å². The molecule has 0 aliphatic carbocycles. The fourth-order valence-electron chi connectivity index (χ4n) is 2.32. The average Bonchev–Trinajstić information content (AvgIpc) is 2.29. The van der Waals surface area contributed by atoms with Crippen molar-refractivity contribution < 1.29 is 97.4 Å². The van der Waals surface area contributed by atoms with Crippen LogP contribution in [0, 0.1) is 5.41 Å². The molecule has 0 bridgehead atoms. The van der Waals surface area contributed by atoms with E-state index in [-0.39, 0.29) is 77.4 Å². The van der Waals surface area contributed by atoms with E-state index in [0.717, 1.165) is 0 Å². The predicted octanol–water partition coefficient (Wildman–Crippen LogP) is -7.71. The van der Waals surface area contributed by atoms with E-state index in [1.54, 1.807) is 13.8 Å². The first-order valence-corrected chi connectivity index (χ1v) is 8.02. The molecule has 3 N–H and O–H groups in total. The molecule has 126 valence electrons.